The SMILES string of the molecule is CCC1CCC(C#N)(C(O)c2ccc(C(C)C)cc2)C1. The molecule has 0 saturated heterocycles. The molecule has 20 heavy (non-hydrogen) atoms. The van der Waals surface area contributed by atoms with Crippen molar-refractivity contribution in [1.82, 2.24) is 0 Å². The van der Waals surface area contributed by atoms with Gasteiger partial charge in [0.15, 0.2) is 0 Å². The highest BCUT2D eigenvalue weighted by atomic mass is 16.3. The van der Waals surface area contributed by atoms with Crippen molar-refractivity contribution in [3.05, 3.63) is 35.4 Å². The smallest absolute Gasteiger partial charge is 0.0976 e. The van der Waals surface area contributed by atoms with Gasteiger partial charge in [-0.15, -0.1) is 0 Å². The summed E-state index contributed by atoms with van der Waals surface area (Å²) in [6.07, 6.45) is 3.14. The van der Waals surface area contributed by atoms with E-state index in [1.165, 1.54) is 5.56 Å². The lowest BCUT2D eigenvalue weighted by atomic mass is 9.77. The second-order valence-electron chi connectivity index (χ2n) is 6.51. The van der Waals surface area contributed by atoms with Crippen molar-refractivity contribution in [2.24, 2.45) is 11.3 Å². The summed E-state index contributed by atoms with van der Waals surface area (Å²) in [4.78, 5) is 0. The van der Waals surface area contributed by atoms with Crippen LogP contribution in [0, 0.1) is 22.7 Å². The van der Waals surface area contributed by atoms with Gasteiger partial charge in [-0.3, -0.25) is 0 Å². The zero-order valence-corrected chi connectivity index (χ0v) is 12.8. The van der Waals surface area contributed by atoms with Gasteiger partial charge in [0.2, 0.25) is 0 Å². The molecule has 1 N–H and O–H groups in total. The number of benzene rings is 1. The number of nitriles is 1. The Labute approximate surface area is 122 Å². The van der Waals surface area contributed by atoms with Crippen molar-refractivity contribution in [3.8, 4) is 6.07 Å². The number of nitrogens with zero attached hydrogens (tertiary/aromatic N) is 1. The Morgan fingerprint density at radius 2 is 1.90 bits per heavy atom. The number of aliphatic hydroxyl groups is 1. The Morgan fingerprint density at radius 3 is 2.35 bits per heavy atom. The number of hydrogen-bond acceptors (Lipinski definition) is 2. The summed E-state index contributed by atoms with van der Waals surface area (Å²) >= 11 is 0. The summed E-state index contributed by atoms with van der Waals surface area (Å²) < 4.78 is 0. The van der Waals surface area contributed by atoms with Gasteiger partial charge in [0, 0.05) is 0 Å². The Balaban J connectivity index is 2.21. The quantitative estimate of drug-likeness (QED) is 0.872. The maximum atomic E-state index is 10.7. The van der Waals surface area contributed by atoms with Crippen LogP contribution in [0.25, 0.3) is 0 Å². The lowest BCUT2D eigenvalue weighted by molar-refractivity contribution is 0.0640. The second kappa shape index (κ2) is 5.97. The van der Waals surface area contributed by atoms with Crippen LogP contribution >= 0.6 is 0 Å². The fraction of sp³-hybridized carbons (Fsp3) is 0.611. The third kappa shape index (κ3) is 2.74. The molecule has 0 aliphatic heterocycles. The van der Waals surface area contributed by atoms with Crippen LogP contribution in [-0.2, 0) is 0 Å². The maximum Gasteiger partial charge on any atom is 0.0976 e. The van der Waals surface area contributed by atoms with Crippen molar-refractivity contribution >= 4 is 0 Å². The first kappa shape index (κ1) is 15.1. The fourth-order valence-corrected chi connectivity index (χ4v) is 3.32. The van der Waals surface area contributed by atoms with Gasteiger partial charge in [-0.2, -0.15) is 5.26 Å². The molecule has 2 heteroatoms. The number of rotatable bonds is 4. The normalized spacial score (nSPS) is 27.5. The van der Waals surface area contributed by atoms with E-state index >= 15 is 0 Å². The zero-order valence-electron chi connectivity index (χ0n) is 12.8. The monoisotopic (exact) mass is 271 g/mol. The Morgan fingerprint density at radius 1 is 1.30 bits per heavy atom. The average molecular weight is 271 g/mol. The van der Waals surface area contributed by atoms with Crippen molar-refractivity contribution in [2.45, 2.75) is 58.5 Å². The van der Waals surface area contributed by atoms with E-state index in [0.29, 0.717) is 11.8 Å². The maximum absolute atomic E-state index is 10.7. The molecule has 1 aliphatic rings. The summed E-state index contributed by atoms with van der Waals surface area (Å²) in [7, 11) is 0. The van der Waals surface area contributed by atoms with Gasteiger partial charge in [0.25, 0.3) is 0 Å². The van der Waals surface area contributed by atoms with Gasteiger partial charge in [-0.25, -0.2) is 0 Å². The Kier molecular flexibility index (Phi) is 4.50. The molecule has 1 saturated carbocycles. The van der Waals surface area contributed by atoms with Crippen LogP contribution < -0.4 is 0 Å². The summed E-state index contributed by atoms with van der Waals surface area (Å²) in [5.74, 6) is 1.07. The summed E-state index contributed by atoms with van der Waals surface area (Å²) in [6, 6.07) is 10.5. The van der Waals surface area contributed by atoms with Crippen molar-refractivity contribution < 1.29 is 5.11 Å². The third-order valence-corrected chi connectivity index (χ3v) is 4.89. The molecule has 3 unspecified atom stereocenters. The first-order valence-corrected chi connectivity index (χ1v) is 7.71. The molecule has 108 valence electrons. The van der Waals surface area contributed by atoms with Gasteiger partial charge >= 0.3 is 0 Å². The summed E-state index contributed by atoms with van der Waals surface area (Å²) in [5, 5.41) is 20.3. The highest BCUT2D eigenvalue weighted by Gasteiger charge is 2.45. The zero-order chi connectivity index (χ0) is 14.8. The van der Waals surface area contributed by atoms with E-state index in [0.717, 1.165) is 31.2 Å². The summed E-state index contributed by atoms with van der Waals surface area (Å²) in [6.45, 7) is 6.48. The van der Waals surface area contributed by atoms with E-state index in [4.69, 9.17) is 0 Å². The van der Waals surface area contributed by atoms with Crippen LogP contribution in [0.5, 0.6) is 0 Å². The molecular weight excluding hydrogens is 246 g/mol. The lowest BCUT2D eigenvalue weighted by Crippen LogP contribution is -2.24. The van der Waals surface area contributed by atoms with Gasteiger partial charge in [-0.05, 0) is 42.2 Å². The van der Waals surface area contributed by atoms with Gasteiger partial charge < -0.3 is 5.11 Å². The minimum absolute atomic E-state index is 0.488. The van der Waals surface area contributed by atoms with E-state index in [1.807, 2.05) is 12.1 Å². The molecule has 0 bridgehead atoms. The molecule has 3 atom stereocenters. The molecule has 1 aliphatic carbocycles. The molecular formula is C18H25NO. The molecule has 2 rings (SSSR count). The van der Waals surface area contributed by atoms with Crippen molar-refractivity contribution in [3.63, 3.8) is 0 Å². The lowest BCUT2D eigenvalue weighted by Gasteiger charge is -2.28. The highest BCUT2D eigenvalue weighted by molar-refractivity contribution is 5.29. The predicted molar refractivity (Wildman–Crippen MR) is 81.2 cm³/mol. The van der Waals surface area contributed by atoms with E-state index in [2.05, 4.69) is 39.0 Å². The molecule has 0 amide bonds. The first-order valence-electron chi connectivity index (χ1n) is 7.71. The van der Waals surface area contributed by atoms with Crippen LogP contribution in [0.4, 0.5) is 0 Å². The van der Waals surface area contributed by atoms with Gasteiger partial charge in [0.1, 0.15) is 0 Å². The van der Waals surface area contributed by atoms with Crippen LogP contribution in [0.15, 0.2) is 24.3 Å². The largest absolute Gasteiger partial charge is 0.387 e. The molecule has 1 aromatic rings. The first-order chi connectivity index (χ1) is 9.52. The molecule has 0 radical (unpaired) electrons. The van der Waals surface area contributed by atoms with Gasteiger partial charge in [-0.1, -0.05) is 51.5 Å². The molecule has 0 spiro atoms. The molecule has 0 aromatic heterocycles. The van der Waals surface area contributed by atoms with E-state index in [9.17, 15) is 10.4 Å². The standard InChI is InChI=1S/C18H25NO/c1-4-14-9-10-18(11-14,12-19)17(20)16-7-5-15(6-8-16)13(2)3/h5-8,13-14,17,20H,4,9-11H2,1-3H3. The van der Waals surface area contributed by atoms with Crippen LogP contribution in [0.3, 0.4) is 0 Å². The molecule has 0 heterocycles. The second-order valence-corrected chi connectivity index (χ2v) is 6.51. The van der Waals surface area contributed by atoms with Crippen molar-refractivity contribution in [1.29, 1.82) is 5.26 Å². The van der Waals surface area contributed by atoms with Gasteiger partial charge in [0.05, 0.1) is 17.6 Å². The van der Waals surface area contributed by atoms with E-state index in [1.54, 1.807) is 0 Å². The summed E-state index contributed by atoms with van der Waals surface area (Å²) in [5.41, 5.74) is 1.57. The van der Waals surface area contributed by atoms with Crippen LogP contribution in [0.1, 0.15) is 69.6 Å². The minimum Gasteiger partial charge on any atom is -0.387 e. The Hall–Kier alpha value is -1.33. The predicted octanol–water partition coefficient (Wildman–Crippen LogP) is 4.56. The average Bonchev–Trinajstić information content (AvgIpc) is 2.91. The van der Waals surface area contributed by atoms with E-state index in [-0.39, 0.29) is 0 Å². The van der Waals surface area contributed by atoms with E-state index < -0.39 is 11.5 Å². The molecule has 1 aromatic carbocycles. The van der Waals surface area contributed by atoms with Crippen molar-refractivity contribution in [2.75, 3.05) is 0 Å². The third-order valence-electron chi connectivity index (χ3n) is 4.89. The topological polar surface area (TPSA) is 44.0 Å². The number of aliphatic hydroxyl groups excluding tert-OH is 1. The minimum atomic E-state index is -0.662. The highest BCUT2D eigenvalue weighted by Crippen LogP contribution is 2.50. The Bertz CT molecular complexity index is 485. The van der Waals surface area contributed by atoms with Crippen LogP contribution in [0.2, 0.25) is 0 Å². The molecule has 2 nitrogen and oxygen atoms in total. The molecule has 1 fully saturated rings. The fourth-order valence-electron chi connectivity index (χ4n) is 3.32. The van der Waals surface area contributed by atoms with Crippen LogP contribution in [-0.4, -0.2) is 5.11 Å². The number of hydrogen-bond donors (Lipinski definition) is 1.